The largest absolute Gasteiger partial charge is 0.502 e. The summed E-state index contributed by atoms with van der Waals surface area (Å²) in [5, 5.41) is 2.78. The van der Waals surface area contributed by atoms with Crippen molar-refractivity contribution < 1.29 is 23.5 Å². The summed E-state index contributed by atoms with van der Waals surface area (Å²) < 4.78 is 16.1. The molecule has 0 saturated heterocycles. The SMILES string of the molecule is COCCOC(=O)/C=C\C(=O)O[Si](c1ccccc1)(c1ccccc1)c1ccccc1. The molecule has 0 atom stereocenters. The van der Waals surface area contributed by atoms with Gasteiger partial charge < -0.3 is 13.9 Å². The molecule has 3 aromatic carbocycles. The lowest BCUT2D eigenvalue weighted by atomic mass is 10.3. The summed E-state index contributed by atoms with van der Waals surface area (Å²) >= 11 is 0. The van der Waals surface area contributed by atoms with Crippen LogP contribution in [0.4, 0.5) is 0 Å². The van der Waals surface area contributed by atoms with Gasteiger partial charge in [-0.3, -0.25) is 0 Å². The molecule has 0 radical (unpaired) electrons. The Hall–Kier alpha value is -3.48. The van der Waals surface area contributed by atoms with Crippen LogP contribution in [0.3, 0.4) is 0 Å². The summed E-state index contributed by atoms with van der Waals surface area (Å²) in [5.41, 5.74) is 0. The Morgan fingerprint density at radius 2 is 1.10 bits per heavy atom. The van der Waals surface area contributed by atoms with Gasteiger partial charge in [-0.05, 0) is 15.6 Å². The van der Waals surface area contributed by atoms with E-state index in [1.807, 2.05) is 91.0 Å². The van der Waals surface area contributed by atoms with Crippen molar-refractivity contribution in [3.05, 3.63) is 103 Å². The molecule has 0 aliphatic carbocycles. The van der Waals surface area contributed by atoms with Gasteiger partial charge in [0.15, 0.2) is 0 Å². The zero-order valence-corrected chi connectivity index (χ0v) is 18.3. The summed E-state index contributed by atoms with van der Waals surface area (Å²) in [6.45, 7) is 0.404. The number of hydrogen-bond acceptors (Lipinski definition) is 5. The smallest absolute Gasteiger partial charge is 0.350 e. The number of hydrogen-bond donors (Lipinski definition) is 0. The summed E-state index contributed by atoms with van der Waals surface area (Å²) in [6, 6.07) is 29.2. The van der Waals surface area contributed by atoms with Gasteiger partial charge in [-0.1, -0.05) is 91.0 Å². The lowest BCUT2D eigenvalue weighted by Crippen LogP contribution is -2.69. The maximum Gasteiger partial charge on any atom is 0.350 e. The van der Waals surface area contributed by atoms with Crippen molar-refractivity contribution in [2.75, 3.05) is 20.3 Å². The van der Waals surface area contributed by atoms with E-state index in [2.05, 4.69) is 0 Å². The van der Waals surface area contributed by atoms with Gasteiger partial charge in [0.25, 0.3) is 0 Å². The predicted molar refractivity (Wildman–Crippen MR) is 122 cm³/mol. The zero-order valence-electron chi connectivity index (χ0n) is 17.3. The lowest BCUT2D eigenvalue weighted by molar-refractivity contribution is -0.139. The molecule has 0 saturated carbocycles. The molecule has 0 unspecified atom stereocenters. The quantitative estimate of drug-likeness (QED) is 0.170. The summed E-state index contributed by atoms with van der Waals surface area (Å²) in [4.78, 5) is 24.7. The molecule has 0 aromatic heterocycles. The highest BCUT2D eigenvalue weighted by Gasteiger charge is 2.44. The van der Waals surface area contributed by atoms with Crippen molar-refractivity contribution >= 4 is 35.8 Å². The van der Waals surface area contributed by atoms with Crippen LogP contribution in [0.1, 0.15) is 0 Å². The third-order valence-corrected chi connectivity index (χ3v) is 8.63. The molecule has 31 heavy (non-hydrogen) atoms. The van der Waals surface area contributed by atoms with E-state index in [1.165, 1.54) is 7.11 Å². The first kappa shape index (κ1) is 22.2. The topological polar surface area (TPSA) is 61.8 Å². The molecule has 0 aliphatic heterocycles. The van der Waals surface area contributed by atoms with Crippen molar-refractivity contribution in [2.24, 2.45) is 0 Å². The molecule has 0 amide bonds. The number of carbonyl (C=O) groups excluding carboxylic acids is 2. The molecule has 0 aliphatic rings. The summed E-state index contributed by atoms with van der Waals surface area (Å²) in [7, 11) is -1.65. The van der Waals surface area contributed by atoms with Crippen molar-refractivity contribution in [2.45, 2.75) is 0 Å². The molecule has 0 heterocycles. The molecule has 6 heteroatoms. The van der Waals surface area contributed by atoms with Crippen molar-refractivity contribution in [3.8, 4) is 0 Å². The van der Waals surface area contributed by atoms with Gasteiger partial charge in [0.05, 0.1) is 6.61 Å². The molecule has 3 aromatic rings. The van der Waals surface area contributed by atoms with Crippen molar-refractivity contribution in [3.63, 3.8) is 0 Å². The summed E-state index contributed by atoms with van der Waals surface area (Å²) in [5.74, 6) is -1.23. The number of ether oxygens (including phenoxy) is 2. The van der Waals surface area contributed by atoms with Crippen LogP contribution in [0, 0.1) is 0 Å². The first-order valence-electron chi connectivity index (χ1n) is 9.90. The first-order valence-corrected chi connectivity index (χ1v) is 11.8. The number of carbonyl (C=O) groups is 2. The van der Waals surface area contributed by atoms with E-state index in [0.29, 0.717) is 0 Å². The predicted octanol–water partition coefficient (Wildman–Crippen LogP) is 1.94. The highest BCUT2D eigenvalue weighted by Crippen LogP contribution is 2.10. The van der Waals surface area contributed by atoms with E-state index in [4.69, 9.17) is 13.9 Å². The van der Waals surface area contributed by atoms with Crippen LogP contribution in [0.25, 0.3) is 0 Å². The second-order valence-electron chi connectivity index (χ2n) is 6.69. The zero-order chi connectivity index (χ0) is 21.9. The molecule has 3 rings (SSSR count). The summed E-state index contributed by atoms with van der Waals surface area (Å²) in [6.07, 6.45) is 2.20. The number of benzene rings is 3. The molecule has 0 N–H and O–H groups in total. The Morgan fingerprint density at radius 3 is 1.52 bits per heavy atom. The average Bonchev–Trinajstić information content (AvgIpc) is 2.83. The molecule has 5 nitrogen and oxygen atoms in total. The van der Waals surface area contributed by atoms with Crippen LogP contribution in [0.5, 0.6) is 0 Å². The maximum absolute atomic E-state index is 12.9. The highest BCUT2D eigenvalue weighted by atomic mass is 28.4. The average molecular weight is 433 g/mol. The van der Waals surface area contributed by atoms with Crippen LogP contribution < -0.4 is 15.6 Å². The third-order valence-electron chi connectivity index (χ3n) is 4.68. The highest BCUT2D eigenvalue weighted by molar-refractivity contribution is 7.07. The Labute approximate surface area is 183 Å². The normalized spacial score (nSPS) is 11.3. The van der Waals surface area contributed by atoms with Gasteiger partial charge in [-0.25, -0.2) is 9.59 Å². The van der Waals surface area contributed by atoms with Crippen LogP contribution in [0.15, 0.2) is 103 Å². The van der Waals surface area contributed by atoms with Crippen molar-refractivity contribution in [1.82, 2.24) is 0 Å². The monoisotopic (exact) mass is 432 g/mol. The van der Waals surface area contributed by atoms with E-state index < -0.39 is 20.3 Å². The maximum atomic E-state index is 12.9. The van der Waals surface area contributed by atoms with Crippen LogP contribution in [-0.2, 0) is 23.5 Å². The number of esters is 1. The third kappa shape index (κ3) is 5.57. The standard InChI is InChI=1S/C25H24O5Si/c1-28-19-20-29-24(26)17-18-25(27)30-31(21-11-5-2-6-12-21,22-13-7-3-8-14-22)23-15-9-4-10-16-23/h2-18H,19-20H2,1H3/b18-17-. The first-order chi connectivity index (χ1) is 15.2. The van der Waals surface area contributed by atoms with Crippen molar-refractivity contribution in [1.29, 1.82) is 0 Å². The fourth-order valence-electron chi connectivity index (χ4n) is 3.29. The van der Waals surface area contributed by atoms with Crippen LogP contribution in [-0.4, -0.2) is 40.6 Å². The molecule has 0 bridgehead atoms. The van der Waals surface area contributed by atoms with E-state index in [1.54, 1.807) is 0 Å². The van der Waals surface area contributed by atoms with Gasteiger partial charge in [0.2, 0.25) is 0 Å². The second-order valence-corrected chi connectivity index (χ2v) is 9.99. The molecule has 0 fully saturated rings. The van der Waals surface area contributed by atoms with Gasteiger partial charge in [0, 0.05) is 19.3 Å². The van der Waals surface area contributed by atoms with Gasteiger partial charge in [-0.2, -0.15) is 0 Å². The minimum Gasteiger partial charge on any atom is -0.502 e. The fourth-order valence-corrected chi connectivity index (χ4v) is 7.00. The minimum absolute atomic E-state index is 0.117. The Kier molecular flexibility index (Phi) is 7.92. The Morgan fingerprint density at radius 1 is 0.677 bits per heavy atom. The van der Waals surface area contributed by atoms with Crippen LogP contribution >= 0.6 is 0 Å². The number of methoxy groups -OCH3 is 1. The van der Waals surface area contributed by atoms with E-state index in [0.717, 1.165) is 27.7 Å². The number of rotatable bonds is 9. The molecule has 0 spiro atoms. The van der Waals surface area contributed by atoms with Gasteiger partial charge in [-0.15, -0.1) is 0 Å². The van der Waals surface area contributed by atoms with E-state index >= 15 is 0 Å². The lowest BCUT2D eigenvalue weighted by Gasteiger charge is -2.32. The van der Waals surface area contributed by atoms with Gasteiger partial charge in [0.1, 0.15) is 6.61 Å². The van der Waals surface area contributed by atoms with Gasteiger partial charge >= 0.3 is 20.3 Å². The van der Waals surface area contributed by atoms with Crippen LogP contribution in [0.2, 0.25) is 0 Å². The molecular weight excluding hydrogens is 408 g/mol. The second kappa shape index (κ2) is 11.1. The molecular formula is C25H24O5Si. The van der Waals surface area contributed by atoms with E-state index in [-0.39, 0.29) is 13.2 Å². The minimum atomic E-state index is -3.16. The fraction of sp³-hybridized carbons (Fsp3) is 0.120. The Balaban J connectivity index is 2.00. The Bertz CT molecular complexity index is 907. The van der Waals surface area contributed by atoms with E-state index in [9.17, 15) is 9.59 Å². The molecule has 158 valence electrons.